The number of hydrogen-bond acceptors (Lipinski definition) is 4. The van der Waals surface area contributed by atoms with Gasteiger partial charge in [0.1, 0.15) is 5.60 Å². The van der Waals surface area contributed by atoms with Crippen molar-refractivity contribution in [3.05, 3.63) is 0 Å². The van der Waals surface area contributed by atoms with Crippen molar-refractivity contribution in [3.63, 3.8) is 0 Å². The molecule has 1 unspecified atom stereocenters. The number of rotatable bonds is 0. The van der Waals surface area contributed by atoms with Gasteiger partial charge in [0.15, 0.2) is 0 Å². The van der Waals surface area contributed by atoms with Crippen LogP contribution >= 0.6 is 0 Å². The molecule has 2 aliphatic rings. The topological polar surface area (TPSA) is 59.1 Å². The standard InChI is InChI=1S/C13H22N2O4/c1-9(16)14-7-10-11(8-14)18-6-5-15(10)12(17)19-13(2,3)4/h10-11H,5-8H2,1-4H3/t10-,11?/m0/s1. The predicted molar refractivity (Wildman–Crippen MR) is 68.7 cm³/mol. The Morgan fingerprint density at radius 1 is 1.26 bits per heavy atom. The van der Waals surface area contributed by atoms with Gasteiger partial charge in [0.2, 0.25) is 5.91 Å². The summed E-state index contributed by atoms with van der Waals surface area (Å²) < 4.78 is 11.1. The van der Waals surface area contributed by atoms with Crippen LogP contribution in [-0.2, 0) is 14.3 Å². The van der Waals surface area contributed by atoms with Crippen molar-refractivity contribution in [2.24, 2.45) is 0 Å². The minimum atomic E-state index is -0.510. The summed E-state index contributed by atoms with van der Waals surface area (Å²) in [7, 11) is 0. The molecule has 19 heavy (non-hydrogen) atoms. The Bertz CT molecular complexity index is 377. The Kier molecular flexibility index (Phi) is 3.71. The van der Waals surface area contributed by atoms with Crippen LogP contribution in [0.15, 0.2) is 0 Å². The first kappa shape index (κ1) is 14.1. The monoisotopic (exact) mass is 270 g/mol. The van der Waals surface area contributed by atoms with E-state index in [0.717, 1.165) is 0 Å². The van der Waals surface area contributed by atoms with E-state index < -0.39 is 5.60 Å². The van der Waals surface area contributed by atoms with E-state index in [2.05, 4.69) is 0 Å². The second-order valence-corrected chi connectivity index (χ2v) is 6.07. The Morgan fingerprint density at radius 3 is 2.53 bits per heavy atom. The number of amides is 2. The zero-order valence-electron chi connectivity index (χ0n) is 12.0. The van der Waals surface area contributed by atoms with E-state index in [1.54, 1.807) is 9.80 Å². The summed E-state index contributed by atoms with van der Waals surface area (Å²) >= 11 is 0. The summed E-state index contributed by atoms with van der Waals surface area (Å²) in [4.78, 5) is 27.0. The van der Waals surface area contributed by atoms with E-state index >= 15 is 0 Å². The molecule has 6 heteroatoms. The third-order valence-electron chi connectivity index (χ3n) is 3.37. The molecule has 0 saturated carbocycles. The highest BCUT2D eigenvalue weighted by molar-refractivity contribution is 5.74. The molecule has 0 bridgehead atoms. The second kappa shape index (κ2) is 5.00. The lowest BCUT2D eigenvalue weighted by atomic mass is 10.1. The molecule has 0 aromatic carbocycles. The van der Waals surface area contributed by atoms with Crippen LogP contribution in [0.3, 0.4) is 0 Å². The van der Waals surface area contributed by atoms with Crippen molar-refractivity contribution in [1.29, 1.82) is 0 Å². The van der Waals surface area contributed by atoms with Gasteiger partial charge in [-0.3, -0.25) is 9.69 Å². The molecule has 0 aromatic heterocycles. The molecule has 0 N–H and O–H groups in total. The summed E-state index contributed by atoms with van der Waals surface area (Å²) in [6.07, 6.45) is -0.415. The number of fused-ring (bicyclic) bond motifs is 1. The van der Waals surface area contributed by atoms with Crippen molar-refractivity contribution in [2.45, 2.75) is 45.4 Å². The van der Waals surface area contributed by atoms with Crippen LogP contribution in [0.25, 0.3) is 0 Å². The van der Waals surface area contributed by atoms with Crippen LogP contribution in [0.2, 0.25) is 0 Å². The second-order valence-electron chi connectivity index (χ2n) is 6.07. The van der Waals surface area contributed by atoms with Gasteiger partial charge in [-0.2, -0.15) is 0 Å². The molecule has 0 radical (unpaired) electrons. The lowest BCUT2D eigenvalue weighted by molar-refractivity contribution is -0.128. The highest BCUT2D eigenvalue weighted by atomic mass is 16.6. The maximum Gasteiger partial charge on any atom is 0.410 e. The average molecular weight is 270 g/mol. The average Bonchev–Trinajstić information content (AvgIpc) is 2.69. The van der Waals surface area contributed by atoms with Crippen molar-refractivity contribution in [3.8, 4) is 0 Å². The van der Waals surface area contributed by atoms with Crippen molar-refractivity contribution in [2.75, 3.05) is 26.2 Å². The van der Waals surface area contributed by atoms with Gasteiger partial charge in [0.05, 0.1) is 18.8 Å². The van der Waals surface area contributed by atoms with Gasteiger partial charge >= 0.3 is 6.09 Å². The Hall–Kier alpha value is -1.30. The van der Waals surface area contributed by atoms with E-state index in [4.69, 9.17) is 9.47 Å². The number of carbonyl (C=O) groups excluding carboxylic acids is 2. The minimum absolute atomic E-state index is 0.0159. The number of nitrogens with zero attached hydrogens (tertiary/aromatic N) is 2. The smallest absolute Gasteiger partial charge is 0.410 e. The third-order valence-corrected chi connectivity index (χ3v) is 3.37. The normalized spacial score (nSPS) is 27.2. The Balaban J connectivity index is 2.05. The highest BCUT2D eigenvalue weighted by Gasteiger charge is 2.44. The molecule has 2 atom stereocenters. The lowest BCUT2D eigenvalue weighted by Crippen LogP contribution is -2.54. The van der Waals surface area contributed by atoms with Gasteiger partial charge in [-0.1, -0.05) is 0 Å². The summed E-state index contributed by atoms with van der Waals surface area (Å²) in [6, 6.07) is -0.0903. The summed E-state index contributed by atoms with van der Waals surface area (Å²) in [5, 5.41) is 0. The fraction of sp³-hybridized carbons (Fsp3) is 0.846. The molecule has 2 rings (SSSR count). The molecule has 2 aliphatic heterocycles. The summed E-state index contributed by atoms with van der Waals surface area (Å²) in [6.45, 7) is 9.17. The largest absolute Gasteiger partial charge is 0.444 e. The van der Waals surface area contributed by atoms with E-state index in [0.29, 0.717) is 26.2 Å². The summed E-state index contributed by atoms with van der Waals surface area (Å²) in [5.74, 6) is 0.0159. The highest BCUT2D eigenvalue weighted by Crippen LogP contribution is 2.24. The molecule has 2 fully saturated rings. The third kappa shape index (κ3) is 3.18. The van der Waals surface area contributed by atoms with E-state index in [1.807, 2.05) is 20.8 Å². The molecule has 0 aliphatic carbocycles. The molecule has 2 heterocycles. The molecule has 2 amide bonds. The van der Waals surface area contributed by atoms with E-state index in [1.165, 1.54) is 6.92 Å². The molecule has 0 spiro atoms. The van der Waals surface area contributed by atoms with Crippen molar-refractivity contribution in [1.82, 2.24) is 9.80 Å². The number of hydrogen-bond donors (Lipinski definition) is 0. The van der Waals surface area contributed by atoms with Crippen LogP contribution < -0.4 is 0 Å². The Morgan fingerprint density at radius 2 is 1.95 bits per heavy atom. The number of likely N-dealkylation sites (tertiary alicyclic amines) is 1. The number of carbonyl (C=O) groups is 2. The molecule has 6 nitrogen and oxygen atoms in total. The number of morpholine rings is 1. The van der Waals surface area contributed by atoms with Gasteiger partial charge in [-0.05, 0) is 20.8 Å². The zero-order valence-corrected chi connectivity index (χ0v) is 12.0. The number of ether oxygens (including phenoxy) is 2. The molecule has 108 valence electrons. The van der Waals surface area contributed by atoms with Crippen LogP contribution in [0.4, 0.5) is 4.79 Å². The van der Waals surface area contributed by atoms with Gasteiger partial charge in [0, 0.05) is 26.6 Å². The lowest BCUT2D eigenvalue weighted by Gasteiger charge is -2.37. The fourth-order valence-electron chi connectivity index (χ4n) is 2.49. The molecular weight excluding hydrogens is 248 g/mol. The molecular formula is C13H22N2O4. The predicted octanol–water partition coefficient (Wildman–Crippen LogP) is 0.853. The fourth-order valence-corrected chi connectivity index (χ4v) is 2.49. The summed E-state index contributed by atoms with van der Waals surface area (Å²) in [5.41, 5.74) is -0.510. The molecule has 2 saturated heterocycles. The first-order valence-electron chi connectivity index (χ1n) is 6.64. The molecule has 0 aromatic rings. The van der Waals surface area contributed by atoms with Gasteiger partial charge in [-0.15, -0.1) is 0 Å². The Labute approximate surface area is 113 Å². The first-order chi connectivity index (χ1) is 8.78. The van der Waals surface area contributed by atoms with Crippen LogP contribution in [-0.4, -0.2) is 65.8 Å². The van der Waals surface area contributed by atoms with E-state index in [9.17, 15) is 9.59 Å². The van der Waals surface area contributed by atoms with Crippen LogP contribution in [0, 0.1) is 0 Å². The SMILES string of the molecule is CC(=O)N1CC2OCCN(C(=O)OC(C)(C)C)[C@H]2C1. The van der Waals surface area contributed by atoms with Gasteiger partial charge < -0.3 is 14.4 Å². The van der Waals surface area contributed by atoms with Crippen molar-refractivity contribution < 1.29 is 19.1 Å². The minimum Gasteiger partial charge on any atom is -0.444 e. The van der Waals surface area contributed by atoms with Gasteiger partial charge in [-0.25, -0.2) is 4.79 Å². The zero-order chi connectivity index (χ0) is 14.2. The maximum absolute atomic E-state index is 12.2. The van der Waals surface area contributed by atoms with Crippen molar-refractivity contribution >= 4 is 12.0 Å². The quantitative estimate of drug-likeness (QED) is 0.655. The van der Waals surface area contributed by atoms with Crippen LogP contribution in [0.5, 0.6) is 0 Å². The van der Waals surface area contributed by atoms with E-state index in [-0.39, 0.29) is 24.1 Å². The van der Waals surface area contributed by atoms with Crippen LogP contribution in [0.1, 0.15) is 27.7 Å². The first-order valence-corrected chi connectivity index (χ1v) is 6.64. The maximum atomic E-state index is 12.2. The van der Waals surface area contributed by atoms with Gasteiger partial charge in [0.25, 0.3) is 0 Å².